The fourth-order valence-electron chi connectivity index (χ4n) is 3.96. The molecule has 1 fully saturated rings. The Kier molecular flexibility index (Phi) is 6.52. The number of rotatable bonds is 4. The largest absolute Gasteiger partial charge is 0.377 e. The van der Waals surface area contributed by atoms with Gasteiger partial charge in [-0.3, -0.25) is 9.59 Å². The first-order chi connectivity index (χ1) is 15.0. The van der Waals surface area contributed by atoms with Crippen LogP contribution in [0.25, 0.3) is 10.9 Å². The molecule has 0 bridgehead atoms. The monoisotopic (exact) mass is 475 g/mol. The number of benzene rings is 1. The average molecular weight is 476 g/mol. The van der Waals surface area contributed by atoms with E-state index < -0.39 is 0 Å². The van der Waals surface area contributed by atoms with Crippen LogP contribution in [0, 0.1) is 0 Å². The highest BCUT2D eigenvalue weighted by atomic mass is 35.5. The quantitative estimate of drug-likeness (QED) is 0.539. The van der Waals surface area contributed by atoms with Crippen molar-refractivity contribution in [2.75, 3.05) is 26.8 Å². The van der Waals surface area contributed by atoms with Crippen LogP contribution in [-0.4, -0.2) is 65.6 Å². The number of fused-ring (bicyclic) bond motifs is 2. The third-order valence-corrected chi connectivity index (χ3v) is 6.97. The summed E-state index contributed by atoms with van der Waals surface area (Å²) in [4.78, 5) is 36.5. The molecule has 3 N–H and O–H groups in total. The van der Waals surface area contributed by atoms with Crippen LogP contribution in [0.3, 0.4) is 0 Å². The number of hydrogen-bond donors (Lipinski definition) is 3. The van der Waals surface area contributed by atoms with Crippen molar-refractivity contribution in [1.29, 1.82) is 0 Å². The molecule has 1 aromatic carbocycles. The summed E-state index contributed by atoms with van der Waals surface area (Å²) in [6.45, 7) is 2.44. The minimum atomic E-state index is -0.327. The molecule has 0 aliphatic carbocycles. The fourth-order valence-corrected chi connectivity index (χ4v) is 5.23. The Balaban J connectivity index is 0.00000245. The molecule has 5 rings (SSSR count). The van der Waals surface area contributed by atoms with E-state index in [0.29, 0.717) is 28.9 Å². The maximum absolute atomic E-state index is 12.8. The molecule has 3 aromatic rings. The summed E-state index contributed by atoms with van der Waals surface area (Å²) in [6.07, 6.45) is 0.858. The first kappa shape index (κ1) is 22.7. The number of aromatic nitrogens is 2. The predicted octanol–water partition coefficient (Wildman–Crippen LogP) is 2.83. The summed E-state index contributed by atoms with van der Waals surface area (Å²) >= 11 is 7.46. The van der Waals surface area contributed by atoms with Gasteiger partial charge < -0.3 is 25.3 Å². The highest BCUT2D eigenvalue weighted by Crippen LogP contribution is 2.25. The Morgan fingerprint density at radius 3 is 2.75 bits per heavy atom. The molecule has 170 valence electrons. The third kappa shape index (κ3) is 4.52. The van der Waals surface area contributed by atoms with Gasteiger partial charge in [0, 0.05) is 40.3 Å². The second-order valence-electron chi connectivity index (χ2n) is 7.99. The number of amides is 2. The molecule has 0 radical (unpaired) electrons. The fraction of sp³-hybridized carbons (Fsp3) is 0.409. The number of hydrogen-bond acceptors (Lipinski definition) is 6. The maximum atomic E-state index is 12.8. The Bertz CT molecular complexity index is 1160. The van der Waals surface area contributed by atoms with Crippen LogP contribution in [0.1, 0.15) is 38.3 Å². The maximum Gasteiger partial charge on any atom is 0.280 e. The Hall–Kier alpha value is -2.46. The van der Waals surface area contributed by atoms with Crippen molar-refractivity contribution in [3.05, 3.63) is 50.6 Å². The van der Waals surface area contributed by atoms with E-state index in [1.54, 1.807) is 18.2 Å². The Morgan fingerprint density at radius 2 is 1.97 bits per heavy atom. The number of carbonyl (C=O) groups is 2. The van der Waals surface area contributed by atoms with Gasteiger partial charge >= 0.3 is 0 Å². The van der Waals surface area contributed by atoms with Crippen molar-refractivity contribution in [3.8, 4) is 0 Å². The van der Waals surface area contributed by atoms with E-state index in [1.165, 1.54) is 11.3 Å². The Labute approximate surface area is 195 Å². The first-order valence-corrected chi connectivity index (χ1v) is 11.3. The highest BCUT2D eigenvalue weighted by Gasteiger charge is 2.32. The van der Waals surface area contributed by atoms with Gasteiger partial charge in [-0.05, 0) is 31.3 Å². The number of thiazole rings is 1. The van der Waals surface area contributed by atoms with Gasteiger partial charge in [0.25, 0.3) is 11.8 Å². The van der Waals surface area contributed by atoms with Crippen LogP contribution in [0.15, 0.2) is 24.3 Å². The van der Waals surface area contributed by atoms with Gasteiger partial charge in [-0.25, -0.2) is 4.98 Å². The average Bonchev–Trinajstić information content (AvgIpc) is 3.45. The second kappa shape index (κ2) is 9.19. The minimum absolute atomic E-state index is 0. The molecule has 0 saturated carbocycles. The molecule has 2 amide bonds. The lowest BCUT2D eigenvalue weighted by molar-refractivity contribution is 0.0894. The van der Waals surface area contributed by atoms with Crippen LogP contribution in [0.5, 0.6) is 0 Å². The summed E-state index contributed by atoms with van der Waals surface area (Å²) in [5.41, 5.74) is 2.28. The summed E-state index contributed by atoms with van der Waals surface area (Å²) in [6, 6.07) is 6.52. The van der Waals surface area contributed by atoms with Crippen LogP contribution in [0.2, 0.25) is 5.02 Å². The van der Waals surface area contributed by atoms with Crippen LogP contribution < -0.4 is 10.6 Å². The number of likely N-dealkylation sites (N-methyl/N-ethyl adjacent to an activating group) is 1. The van der Waals surface area contributed by atoms with Crippen molar-refractivity contribution in [2.24, 2.45) is 0 Å². The normalized spacial score (nSPS) is 20.6. The first-order valence-electron chi connectivity index (χ1n) is 10.1. The van der Waals surface area contributed by atoms with E-state index in [-0.39, 0.29) is 31.3 Å². The zero-order valence-electron chi connectivity index (χ0n) is 16.9. The smallest absolute Gasteiger partial charge is 0.280 e. The Morgan fingerprint density at radius 1 is 1.22 bits per heavy atom. The van der Waals surface area contributed by atoms with E-state index in [0.717, 1.165) is 41.0 Å². The number of H-pyrrole nitrogens is 1. The van der Waals surface area contributed by atoms with E-state index >= 15 is 0 Å². The second-order valence-corrected chi connectivity index (χ2v) is 9.51. The number of ether oxygens (including phenoxy) is 1. The number of carbonyl (C=O) groups excluding carboxylic acids is 2. The number of halogens is 1. The van der Waals surface area contributed by atoms with E-state index in [4.69, 9.17) is 16.3 Å². The zero-order valence-corrected chi connectivity index (χ0v) is 18.5. The number of nitrogens with one attached hydrogen (secondary N) is 3. The van der Waals surface area contributed by atoms with E-state index in [2.05, 4.69) is 32.5 Å². The predicted molar refractivity (Wildman–Crippen MR) is 126 cm³/mol. The molecular formula is C22H26ClN5O3S. The summed E-state index contributed by atoms with van der Waals surface area (Å²) < 4.78 is 5.53. The molecule has 2 aliphatic rings. The van der Waals surface area contributed by atoms with Crippen LogP contribution in [0.4, 0.5) is 0 Å². The summed E-state index contributed by atoms with van der Waals surface area (Å²) in [5, 5.41) is 7.89. The van der Waals surface area contributed by atoms with Crippen molar-refractivity contribution < 1.29 is 14.3 Å². The molecule has 0 unspecified atom stereocenters. The molecule has 2 aliphatic heterocycles. The molecule has 2 aromatic heterocycles. The van der Waals surface area contributed by atoms with Crippen molar-refractivity contribution in [2.45, 2.75) is 32.5 Å². The molecule has 0 spiro atoms. The van der Waals surface area contributed by atoms with Gasteiger partial charge in [0.15, 0.2) is 5.01 Å². The van der Waals surface area contributed by atoms with E-state index in [9.17, 15) is 9.59 Å². The zero-order chi connectivity index (χ0) is 21.5. The molecule has 8 nitrogen and oxygen atoms in total. The molecule has 10 heteroatoms. The third-order valence-electron chi connectivity index (χ3n) is 5.66. The summed E-state index contributed by atoms with van der Waals surface area (Å²) in [5.74, 6) is -0.480. The molecule has 2 atom stereocenters. The number of aromatic amines is 1. The van der Waals surface area contributed by atoms with Gasteiger partial charge in [0.2, 0.25) is 0 Å². The molecule has 1 saturated heterocycles. The number of nitrogens with zero attached hydrogens (tertiary/aromatic N) is 2. The van der Waals surface area contributed by atoms with Crippen molar-refractivity contribution >= 4 is 45.7 Å². The van der Waals surface area contributed by atoms with E-state index in [1.807, 2.05) is 6.07 Å². The topological polar surface area (TPSA) is 99.3 Å². The van der Waals surface area contributed by atoms with Gasteiger partial charge in [-0.15, -0.1) is 11.3 Å². The standard InChI is InChI=1S/C21H22ClN5O3S.CH4/c1-27-5-4-14-18(8-27)31-21(26-14)20(29)25-17-10-30-9-16(17)24-19(28)15-7-11-6-12(22)2-3-13(11)23-15;/h2-3,6-7,16-17,23H,4-5,8-10H2,1H3,(H,24,28)(H,25,29);1H4/t16-,17+;/m0./s1. The molecular weight excluding hydrogens is 450 g/mol. The lowest BCUT2D eigenvalue weighted by Gasteiger charge is -2.20. The SMILES string of the molecule is C.CN1CCc2nc(C(=O)N[C@@H]3COC[C@@H]3NC(=O)c3cc4cc(Cl)ccc4[nH]3)sc2C1. The van der Waals surface area contributed by atoms with Crippen molar-refractivity contribution in [1.82, 2.24) is 25.5 Å². The minimum Gasteiger partial charge on any atom is -0.377 e. The van der Waals surface area contributed by atoms with Crippen molar-refractivity contribution in [3.63, 3.8) is 0 Å². The molecule has 32 heavy (non-hydrogen) atoms. The van der Waals surface area contributed by atoms with Gasteiger partial charge in [-0.2, -0.15) is 0 Å². The van der Waals surface area contributed by atoms with Crippen LogP contribution in [-0.2, 0) is 17.7 Å². The summed E-state index contributed by atoms with van der Waals surface area (Å²) in [7, 11) is 2.06. The lowest BCUT2D eigenvalue weighted by Crippen LogP contribution is -2.51. The van der Waals surface area contributed by atoms with Gasteiger partial charge in [0.05, 0.1) is 31.0 Å². The van der Waals surface area contributed by atoms with Crippen LogP contribution >= 0.6 is 22.9 Å². The molecule has 4 heterocycles. The van der Waals surface area contributed by atoms with Gasteiger partial charge in [0.1, 0.15) is 5.69 Å². The lowest BCUT2D eigenvalue weighted by atomic mass is 10.1. The van der Waals surface area contributed by atoms with Gasteiger partial charge in [-0.1, -0.05) is 19.0 Å². The highest BCUT2D eigenvalue weighted by molar-refractivity contribution is 7.13.